The van der Waals surface area contributed by atoms with Gasteiger partial charge < -0.3 is 25.6 Å². The predicted molar refractivity (Wildman–Crippen MR) is 163 cm³/mol. The number of rotatable bonds is 8. The normalized spacial score (nSPS) is 24.7. The zero-order chi connectivity index (χ0) is 32.2. The van der Waals surface area contributed by atoms with Crippen LogP contribution in [0.25, 0.3) is 0 Å². The topological polar surface area (TPSA) is 103 Å². The Labute approximate surface area is 266 Å². The first kappa shape index (κ1) is 32.0. The summed E-state index contributed by atoms with van der Waals surface area (Å²) in [5.74, 6) is 2.18. The molecule has 6 rings (SSSR count). The molecule has 0 bridgehead atoms. The number of carbonyl (C=O) groups is 3. The zero-order valence-corrected chi connectivity index (χ0v) is 25.5. The summed E-state index contributed by atoms with van der Waals surface area (Å²) in [6.45, 7) is 4.35. The first-order valence-electron chi connectivity index (χ1n) is 15.9. The van der Waals surface area contributed by atoms with Crippen molar-refractivity contribution in [3.63, 3.8) is 0 Å². The minimum absolute atomic E-state index is 0.0418. The van der Waals surface area contributed by atoms with Crippen LogP contribution in [0.15, 0.2) is 36.4 Å². The van der Waals surface area contributed by atoms with E-state index in [1.54, 1.807) is 4.90 Å². The maximum Gasteiger partial charge on any atom is 0.257 e. The smallest absolute Gasteiger partial charge is 0.257 e. The van der Waals surface area contributed by atoms with Crippen molar-refractivity contribution in [3.8, 4) is 11.8 Å². The molecule has 3 aliphatic heterocycles. The molecule has 3 heterocycles. The van der Waals surface area contributed by atoms with Crippen LogP contribution < -0.4 is 16.0 Å². The van der Waals surface area contributed by atoms with Crippen LogP contribution in [0.2, 0.25) is 0 Å². The van der Waals surface area contributed by atoms with E-state index in [2.05, 4.69) is 32.7 Å². The lowest BCUT2D eigenvalue weighted by atomic mass is 10.1. The van der Waals surface area contributed by atoms with Crippen molar-refractivity contribution >= 4 is 17.7 Å². The lowest BCUT2D eigenvalue weighted by molar-refractivity contribution is -0.133. The van der Waals surface area contributed by atoms with E-state index >= 15 is 8.78 Å². The summed E-state index contributed by atoms with van der Waals surface area (Å²) in [6, 6.07) is 8.24. The highest BCUT2D eigenvalue weighted by molar-refractivity contribution is 5.95. The van der Waals surface area contributed by atoms with Crippen molar-refractivity contribution in [1.29, 1.82) is 0 Å². The van der Waals surface area contributed by atoms with Crippen molar-refractivity contribution in [2.24, 2.45) is 5.92 Å². The molecule has 12 heteroatoms. The van der Waals surface area contributed by atoms with Gasteiger partial charge >= 0.3 is 0 Å². The highest BCUT2D eigenvalue weighted by atomic mass is 19.1. The van der Waals surface area contributed by atoms with Gasteiger partial charge in [0.15, 0.2) is 0 Å². The summed E-state index contributed by atoms with van der Waals surface area (Å²) in [7, 11) is 0. The summed E-state index contributed by atoms with van der Waals surface area (Å²) in [6.07, 6.45) is 0.917. The van der Waals surface area contributed by atoms with Crippen LogP contribution in [0.4, 0.5) is 13.2 Å². The van der Waals surface area contributed by atoms with Crippen LogP contribution in [0.1, 0.15) is 52.7 Å². The number of amides is 3. The number of ether oxygens (including phenoxy) is 1. The van der Waals surface area contributed by atoms with Gasteiger partial charge in [0.25, 0.3) is 5.91 Å². The van der Waals surface area contributed by atoms with Gasteiger partial charge in [-0.15, -0.1) is 0 Å². The van der Waals surface area contributed by atoms with Crippen molar-refractivity contribution in [3.05, 3.63) is 70.3 Å². The molecule has 3 N–H and O–H groups in total. The predicted octanol–water partition coefficient (Wildman–Crippen LogP) is 2.12. The summed E-state index contributed by atoms with van der Waals surface area (Å²) in [5.41, 5.74) is 1.19. The Morgan fingerprint density at radius 2 is 1.67 bits per heavy atom. The van der Waals surface area contributed by atoms with Gasteiger partial charge in [-0.2, -0.15) is 0 Å². The number of hydrogen-bond donors (Lipinski definition) is 3. The third-order valence-corrected chi connectivity index (χ3v) is 8.95. The molecule has 9 nitrogen and oxygen atoms in total. The molecule has 0 spiro atoms. The van der Waals surface area contributed by atoms with E-state index in [1.807, 2.05) is 24.3 Å². The van der Waals surface area contributed by atoms with E-state index < -0.39 is 41.4 Å². The minimum Gasteiger partial charge on any atom is -0.379 e. The Morgan fingerprint density at radius 3 is 2.33 bits per heavy atom. The zero-order valence-electron chi connectivity index (χ0n) is 25.5. The number of nitrogens with one attached hydrogen (secondary N) is 3. The second-order valence-electron chi connectivity index (χ2n) is 12.5. The van der Waals surface area contributed by atoms with Gasteiger partial charge in [-0.05, 0) is 49.1 Å². The summed E-state index contributed by atoms with van der Waals surface area (Å²) in [5, 5.41) is 8.32. The fraction of sp³-hybridized carbons (Fsp3) is 0.500. The average molecular weight is 638 g/mol. The SMILES string of the molecule is O=C(NC[C@H]1C[C@@H](NC(=O)[C@@H]2C[C@H](F)CN2)CN1C(=O)C1CC1)c1c(F)cc(C#Cc2ccc(CN3CCOCC3)cc2)cc1F. The minimum atomic E-state index is -1.08. The lowest BCUT2D eigenvalue weighted by Crippen LogP contribution is -2.46. The molecule has 1 aliphatic carbocycles. The van der Waals surface area contributed by atoms with E-state index in [-0.39, 0.29) is 55.4 Å². The van der Waals surface area contributed by atoms with Crippen LogP contribution >= 0.6 is 0 Å². The molecule has 4 atom stereocenters. The van der Waals surface area contributed by atoms with Crippen LogP contribution in [0, 0.1) is 29.4 Å². The highest BCUT2D eigenvalue weighted by Crippen LogP contribution is 2.34. The van der Waals surface area contributed by atoms with Gasteiger partial charge in [0.2, 0.25) is 11.8 Å². The number of hydrogen-bond acceptors (Lipinski definition) is 6. The van der Waals surface area contributed by atoms with Crippen LogP contribution in [0.3, 0.4) is 0 Å². The van der Waals surface area contributed by atoms with Crippen LogP contribution in [-0.2, 0) is 20.9 Å². The molecule has 4 aliphatic rings. The molecule has 0 radical (unpaired) electrons. The Bertz CT molecular complexity index is 1490. The molecular formula is C34H38F3N5O4. The number of benzene rings is 2. The Balaban J connectivity index is 1.06. The Kier molecular flexibility index (Phi) is 9.92. The molecule has 2 aromatic carbocycles. The van der Waals surface area contributed by atoms with Crippen molar-refractivity contribution < 1.29 is 32.3 Å². The van der Waals surface area contributed by atoms with Crippen molar-refractivity contribution in [1.82, 2.24) is 25.8 Å². The summed E-state index contributed by atoms with van der Waals surface area (Å²) < 4.78 is 49.0. The van der Waals surface area contributed by atoms with E-state index in [9.17, 15) is 18.8 Å². The standard InChI is InChI=1S/C34H38F3N5O4/c35-25-15-30(38-17-25)32(43)40-26-16-27(42(20-26)34(45)24-7-8-24)18-39-33(44)31-28(36)13-23(14-29(31)37)6-3-21-1-4-22(5-2-21)19-41-9-11-46-12-10-41/h1-2,4-5,13-14,24-27,30,38H,7-12,15-20H2,(H,39,44)(H,40,43)/t25-,26+,27+,30-/m0/s1. The fourth-order valence-electron chi connectivity index (χ4n) is 6.26. The molecule has 244 valence electrons. The number of nitrogens with zero attached hydrogens (tertiary/aromatic N) is 2. The Hall–Kier alpha value is -3.92. The number of halogens is 3. The molecule has 46 heavy (non-hydrogen) atoms. The van der Waals surface area contributed by atoms with E-state index in [4.69, 9.17) is 4.74 Å². The van der Waals surface area contributed by atoms with E-state index in [0.717, 1.165) is 63.4 Å². The second-order valence-corrected chi connectivity index (χ2v) is 12.5. The molecule has 2 aromatic rings. The number of alkyl halides is 1. The van der Waals surface area contributed by atoms with Gasteiger partial charge in [-0.1, -0.05) is 24.0 Å². The first-order valence-corrected chi connectivity index (χ1v) is 15.9. The molecule has 1 saturated carbocycles. The molecule has 3 saturated heterocycles. The summed E-state index contributed by atoms with van der Waals surface area (Å²) >= 11 is 0. The molecule has 0 aromatic heterocycles. The quantitative estimate of drug-likeness (QED) is 0.384. The molecule has 4 fully saturated rings. The van der Waals surface area contributed by atoms with Gasteiger partial charge in [-0.25, -0.2) is 13.2 Å². The third-order valence-electron chi connectivity index (χ3n) is 8.95. The average Bonchev–Trinajstić information content (AvgIpc) is 3.68. The van der Waals surface area contributed by atoms with Gasteiger partial charge in [-0.3, -0.25) is 19.3 Å². The van der Waals surface area contributed by atoms with Gasteiger partial charge in [0, 0.05) is 68.8 Å². The maximum atomic E-state index is 15.0. The largest absolute Gasteiger partial charge is 0.379 e. The first-order chi connectivity index (χ1) is 22.2. The Morgan fingerprint density at radius 1 is 0.978 bits per heavy atom. The van der Waals surface area contributed by atoms with Crippen LogP contribution in [0.5, 0.6) is 0 Å². The van der Waals surface area contributed by atoms with Crippen LogP contribution in [-0.4, -0.2) is 97.8 Å². The third kappa shape index (κ3) is 7.89. The molecule has 0 unspecified atom stereocenters. The highest BCUT2D eigenvalue weighted by Gasteiger charge is 2.42. The number of likely N-dealkylation sites (tertiary alicyclic amines) is 1. The fourth-order valence-corrected chi connectivity index (χ4v) is 6.26. The van der Waals surface area contributed by atoms with E-state index in [0.29, 0.717) is 12.0 Å². The van der Waals surface area contributed by atoms with Crippen molar-refractivity contribution in [2.75, 3.05) is 45.9 Å². The number of morpholine rings is 1. The lowest BCUT2D eigenvalue weighted by Gasteiger charge is -2.26. The van der Waals surface area contributed by atoms with Crippen molar-refractivity contribution in [2.45, 2.75) is 56.5 Å². The van der Waals surface area contributed by atoms with E-state index in [1.165, 1.54) is 0 Å². The maximum absolute atomic E-state index is 15.0. The molecule has 3 amide bonds. The van der Waals surface area contributed by atoms with Gasteiger partial charge in [0.05, 0.1) is 25.3 Å². The molecular weight excluding hydrogens is 599 g/mol. The monoisotopic (exact) mass is 637 g/mol. The number of carbonyl (C=O) groups excluding carboxylic acids is 3. The summed E-state index contributed by atoms with van der Waals surface area (Å²) in [4.78, 5) is 42.5. The second kappa shape index (κ2) is 14.2. The van der Waals surface area contributed by atoms with Gasteiger partial charge in [0.1, 0.15) is 23.4 Å².